The Kier molecular flexibility index (Phi) is 5.11. The Balaban J connectivity index is 2.07. The summed E-state index contributed by atoms with van der Waals surface area (Å²) in [5.74, 6) is 0.450. The summed E-state index contributed by atoms with van der Waals surface area (Å²) >= 11 is 0. The molecular weight excluding hydrogens is 346 g/mol. The number of Topliss-reactive ketones (excluding diaryl/α,β-unsaturated/α-hetero) is 1. The highest BCUT2D eigenvalue weighted by Gasteiger charge is 2.48. The van der Waals surface area contributed by atoms with Gasteiger partial charge in [0.25, 0.3) is 10.0 Å². The number of ketones is 1. The molecule has 1 aromatic rings. The van der Waals surface area contributed by atoms with Gasteiger partial charge in [-0.3, -0.25) is 9.10 Å². The van der Waals surface area contributed by atoms with E-state index < -0.39 is 10.0 Å². The molecule has 0 unspecified atom stereocenters. The average Bonchev–Trinajstić information content (AvgIpc) is 3.11. The molecule has 1 heterocycles. The van der Waals surface area contributed by atoms with E-state index in [4.69, 9.17) is 0 Å². The van der Waals surface area contributed by atoms with Gasteiger partial charge < -0.3 is 0 Å². The van der Waals surface area contributed by atoms with E-state index in [1.54, 1.807) is 24.3 Å². The van der Waals surface area contributed by atoms with Crippen molar-refractivity contribution in [3.05, 3.63) is 53.8 Å². The molecule has 0 amide bonds. The van der Waals surface area contributed by atoms with Crippen LogP contribution in [0.2, 0.25) is 0 Å². The van der Waals surface area contributed by atoms with Crippen LogP contribution in [0.5, 0.6) is 0 Å². The second kappa shape index (κ2) is 7.03. The third kappa shape index (κ3) is 3.13. The van der Waals surface area contributed by atoms with E-state index >= 15 is 0 Å². The molecule has 0 saturated heterocycles. The zero-order valence-electron chi connectivity index (χ0n) is 15.7. The van der Waals surface area contributed by atoms with Crippen LogP contribution >= 0.6 is 0 Å². The monoisotopic (exact) mass is 373 g/mol. The summed E-state index contributed by atoms with van der Waals surface area (Å²) in [6.45, 7) is 9.88. The van der Waals surface area contributed by atoms with E-state index in [0.29, 0.717) is 30.9 Å². The maximum absolute atomic E-state index is 13.4. The van der Waals surface area contributed by atoms with Crippen molar-refractivity contribution in [1.29, 1.82) is 0 Å². The second-order valence-electron chi connectivity index (χ2n) is 7.69. The van der Waals surface area contributed by atoms with Gasteiger partial charge in [0.2, 0.25) is 0 Å². The van der Waals surface area contributed by atoms with Crippen molar-refractivity contribution in [1.82, 2.24) is 4.31 Å². The molecule has 1 aliphatic carbocycles. The number of carbonyl (C=O) groups excluding carboxylic acids is 1. The molecule has 26 heavy (non-hydrogen) atoms. The largest absolute Gasteiger partial charge is 0.292 e. The lowest BCUT2D eigenvalue weighted by Gasteiger charge is -2.29. The molecule has 140 valence electrons. The van der Waals surface area contributed by atoms with Gasteiger partial charge in [0.05, 0.1) is 10.6 Å². The highest BCUT2D eigenvalue weighted by molar-refractivity contribution is 7.89. The lowest BCUT2D eigenvalue weighted by molar-refractivity contribution is -0.116. The fourth-order valence-electron chi connectivity index (χ4n) is 4.11. The summed E-state index contributed by atoms with van der Waals surface area (Å²) in [7, 11) is -3.75. The Morgan fingerprint density at radius 3 is 2.46 bits per heavy atom. The molecule has 0 radical (unpaired) electrons. The first-order valence-corrected chi connectivity index (χ1v) is 10.7. The number of rotatable bonds is 6. The van der Waals surface area contributed by atoms with Gasteiger partial charge in [0.1, 0.15) is 0 Å². The normalized spacial score (nSPS) is 23.1. The van der Waals surface area contributed by atoms with E-state index in [1.807, 2.05) is 13.0 Å². The number of carbonyl (C=O) groups is 1. The van der Waals surface area contributed by atoms with Crippen LogP contribution in [0.25, 0.3) is 0 Å². The standard InChI is InChI=1S/C21H27NO3S/c1-5-6-7-16-12-19-18(14(2)3)13-20(23)21(19)22(16)26(24,25)17-10-8-15(4)9-11-17/h5,8-11,14,16,18H,1,6-7,12-13H2,2-4H3/t16-,18+/m1/s1. The van der Waals surface area contributed by atoms with Gasteiger partial charge in [-0.25, -0.2) is 8.42 Å². The fourth-order valence-corrected chi connectivity index (χ4v) is 5.85. The van der Waals surface area contributed by atoms with E-state index in [2.05, 4.69) is 20.4 Å². The molecule has 1 aromatic carbocycles. The zero-order valence-corrected chi connectivity index (χ0v) is 16.6. The van der Waals surface area contributed by atoms with Crippen molar-refractivity contribution in [3.8, 4) is 0 Å². The summed E-state index contributed by atoms with van der Waals surface area (Å²) < 4.78 is 28.2. The van der Waals surface area contributed by atoms with Crippen LogP contribution in [0.15, 0.2) is 53.1 Å². The number of sulfonamides is 1. The molecule has 3 rings (SSSR count). The molecular formula is C21H27NO3S. The first-order chi connectivity index (χ1) is 12.3. The first kappa shape index (κ1) is 18.9. The lowest BCUT2D eigenvalue weighted by Crippen LogP contribution is -2.38. The molecule has 0 saturated carbocycles. The lowest BCUT2D eigenvalue weighted by atomic mass is 9.86. The predicted molar refractivity (Wildman–Crippen MR) is 103 cm³/mol. The molecule has 0 spiro atoms. The zero-order chi connectivity index (χ0) is 19.1. The van der Waals surface area contributed by atoms with Crippen LogP contribution < -0.4 is 0 Å². The molecule has 2 aliphatic rings. The number of benzene rings is 1. The van der Waals surface area contributed by atoms with Crippen molar-refractivity contribution in [2.45, 2.75) is 57.4 Å². The van der Waals surface area contributed by atoms with Crippen LogP contribution in [0, 0.1) is 18.8 Å². The van der Waals surface area contributed by atoms with Gasteiger partial charge in [-0.1, -0.05) is 37.6 Å². The average molecular weight is 374 g/mol. The molecule has 0 aromatic heterocycles. The molecule has 2 atom stereocenters. The van der Waals surface area contributed by atoms with E-state index in [0.717, 1.165) is 17.6 Å². The van der Waals surface area contributed by atoms with Crippen molar-refractivity contribution in [2.75, 3.05) is 0 Å². The molecule has 4 nitrogen and oxygen atoms in total. The Labute approximate surface area is 156 Å². The third-order valence-corrected chi connectivity index (χ3v) is 7.38. The number of allylic oxidation sites excluding steroid dienone is 2. The van der Waals surface area contributed by atoms with Crippen molar-refractivity contribution in [2.24, 2.45) is 11.8 Å². The summed E-state index contributed by atoms with van der Waals surface area (Å²) in [6, 6.07) is 6.66. The molecule has 5 heteroatoms. The Morgan fingerprint density at radius 2 is 1.88 bits per heavy atom. The summed E-state index contributed by atoms with van der Waals surface area (Å²) in [6.07, 6.45) is 4.30. The Hall–Kier alpha value is -1.88. The fraction of sp³-hybridized carbons (Fsp3) is 0.476. The molecule has 0 N–H and O–H groups in total. The minimum atomic E-state index is -3.75. The van der Waals surface area contributed by atoms with Crippen LogP contribution in [-0.4, -0.2) is 24.5 Å². The topological polar surface area (TPSA) is 54.5 Å². The minimum absolute atomic E-state index is 0.0320. The first-order valence-electron chi connectivity index (χ1n) is 9.25. The Bertz CT molecular complexity index is 850. The summed E-state index contributed by atoms with van der Waals surface area (Å²) in [5, 5.41) is 0. The number of hydrogen-bond acceptors (Lipinski definition) is 3. The smallest absolute Gasteiger partial charge is 0.264 e. The summed E-state index contributed by atoms with van der Waals surface area (Å²) in [4.78, 5) is 13.0. The van der Waals surface area contributed by atoms with E-state index in [9.17, 15) is 13.2 Å². The van der Waals surface area contributed by atoms with Gasteiger partial charge >= 0.3 is 0 Å². The van der Waals surface area contributed by atoms with Crippen LogP contribution in [0.1, 0.15) is 45.1 Å². The van der Waals surface area contributed by atoms with Gasteiger partial charge in [0.15, 0.2) is 5.78 Å². The number of hydrogen-bond donors (Lipinski definition) is 0. The maximum atomic E-state index is 13.4. The van der Waals surface area contributed by atoms with E-state index in [1.165, 1.54) is 4.31 Å². The predicted octanol–water partition coefficient (Wildman–Crippen LogP) is 4.22. The van der Waals surface area contributed by atoms with Crippen LogP contribution in [-0.2, 0) is 14.8 Å². The minimum Gasteiger partial charge on any atom is -0.292 e. The second-order valence-corrected chi connectivity index (χ2v) is 9.50. The van der Waals surface area contributed by atoms with Crippen LogP contribution in [0.4, 0.5) is 0 Å². The quantitative estimate of drug-likeness (QED) is 0.702. The maximum Gasteiger partial charge on any atom is 0.264 e. The molecule has 0 bridgehead atoms. The van der Waals surface area contributed by atoms with Crippen LogP contribution in [0.3, 0.4) is 0 Å². The van der Waals surface area contributed by atoms with Gasteiger partial charge in [-0.2, -0.15) is 0 Å². The van der Waals surface area contributed by atoms with Gasteiger partial charge in [-0.15, -0.1) is 6.58 Å². The molecule has 0 fully saturated rings. The number of aryl methyl sites for hydroxylation is 1. The number of nitrogens with zero attached hydrogens (tertiary/aromatic N) is 1. The van der Waals surface area contributed by atoms with E-state index in [-0.39, 0.29) is 22.6 Å². The van der Waals surface area contributed by atoms with Crippen molar-refractivity contribution >= 4 is 15.8 Å². The highest BCUT2D eigenvalue weighted by Crippen LogP contribution is 2.47. The van der Waals surface area contributed by atoms with Gasteiger partial charge in [-0.05, 0) is 55.7 Å². The Morgan fingerprint density at radius 1 is 1.23 bits per heavy atom. The summed E-state index contributed by atoms with van der Waals surface area (Å²) in [5.41, 5.74) is 2.48. The van der Waals surface area contributed by atoms with Crippen molar-refractivity contribution < 1.29 is 13.2 Å². The SMILES string of the molecule is C=CCC[C@@H]1CC2=C(C(=O)C[C@H]2C(C)C)N1S(=O)(=O)c1ccc(C)cc1. The molecule has 1 aliphatic heterocycles. The highest BCUT2D eigenvalue weighted by atomic mass is 32.2. The van der Waals surface area contributed by atoms with Crippen molar-refractivity contribution in [3.63, 3.8) is 0 Å². The third-order valence-electron chi connectivity index (χ3n) is 5.52. The van der Waals surface area contributed by atoms with Gasteiger partial charge in [0, 0.05) is 12.5 Å².